The molecule has 0 amide bonds. The number of carboxylic acids is 1. The van der Waals surface area contributed by atoms with Crippen LogP contribution >= 0.6 is 0 Å². The summed E-state index contributed by atoms with van der Waals surface area (Å²) in [5.41, 5.74) is 2.60. The van der Waals surface area contributed by atoms with Crippen molar-refractivity contribution in [2.24, 2.45) is 0 Å². The van der Waals surface area contributed by atoms with Crippen molar-refractivity contribution in [2.45, 2.75) is 6.92 Å². The highest BCUT2D eigenvalue weighted by Crippen LogP contribution is 2.29. The van der Waals surface area contributed by atoms with E-state index in [0.29, 0.717) is 17.1 Å². The van der Waals surface area contributed by atoms with Crippen molar-refractivity contribution in [3.63, 3.8) is 0 Å². The molecule has 0 unspecified atom stereocenters. The first-order valence-electron chi connectivity index (χ1n) is 9.00. The molecule has 2 aromatic heterocycles. The Morgan fingerprint density at radius 1 is 1.03 bits per heavy atom. The summed E-state index contributed by atoms with van der Waals surface area (Å²) in [6.45, 7) is 1.91. The fourth-order valence-corrected chi connectivity index (χ4v) is 3.04. The predicted octanol–water partition coefficient (Wildman–Crippen LogP) is 4.96. The second-order valence-electron chi connectivity index (χ2n) is 6.60. The van der Waals surface area contributed by atoms with E-state index in [1.54, 1.807) is 22.9 Å². The van der Waals surface area contributed by atoms with Crippen LogP contribution in [0.4, 0.5) is 20.4 Å². The number of para-hydroxylation sites is 1. The number of carbonyl (C=O) groups is 1. The number of pyridine rings is 1. The second-order valence-corrected chi connectivity index (χ2v) is 6.60. The molecule has 2 heterocycles. The van der Waals surface area contributed by atoms with Crippen LogP contribution in [0.25, 0.3) is 16.9 Å². The average Bonchev–Trinajstić information content (AvgIpc) is 3.13. The van der Waals surface area contributed by atoms with Gasteiger partial charge in [0.05, 0.1) is 17.6 Å². The Morgan fingerprint density at radius 2 is 1.77 bits per heavy atom. The van der Waals surface area contributed by atoms with Gasteiger partial charge in [0, 0.05) is 11.6 Å². The largest absolute Gasteiger partial charge is 0.478 e. The molecule has 8 heteroatoms. The molecule has 0 bridgehead atoms. The lowest BCUT2D eigenvalue weighted by Crippen LogP contribution is -2.09. The lowest BCUT2D eigenvalue weighted by Gasteiger charge is -2.12. The molecule has 150 valence electrons. The molecule has 0 spiro atoms. The van der Waals surface area contributed by atoms with Gasteiger partial charge in [-0.3, -0.25) is 0 Å². The van der Waals surface area contributed by atoms with Crippen LogP contribution in [-0.4, -0.2) is 25.8 Å². The third kappa shape index (κ3) is 3.75. The first kappa shape index (κ1) is 19.3. The number of nitrogens with one attached hydrogen (secondary N) is 1. The highest BCUT2D eigenvalue weighted by molar-refractivity contribution is 5.94. The maximum absolute atomic E-state index is 13.5. The Balaban J connectivity index is 1.85. The van der Waals surface area contributed by atoms with E-state index in [1.807, 2.05) is 31.2 Å². The molecule has 4 rings (SSSR count). The van der Waals surface area contributed by atoms with Gasteiger partial charge < -0.3 is 10.4 Å². The molecule has 6 nitrogen and oxygen atoms in total. The number of hydrogen-bond acceptors (Lipinski definition) is 4. The lowest BCUT2D eigenvalue weighted by atomic mass is 10.1. The van der Waals surface area contributed by atoms with Crippen molar-refractivity contribution >= 4 is 17.6 Å². The van der Waals surface area contributed by atoms with Crippen LogP contribution in [0.5, 0.6) is 0 Å². The van der Waals surface area contributed by atoms with Crippen LogP contribution in [0.2, 0.25) is 0 Å². The summed E-state index contributed by atoms with van der Waals surface area (Å²) in [6, 6.07) is 16.0. The Hall–Kier alpha value is -4.07. The summed E-state index contributed by atoms with van der Waals surface area (Å²) in [5.74, 6) is -2.03. The number of aromatic nitrogens is 3. The van der Waals surface area contributed by atoms with Crippen LogP contribution in [0.1, 0.15) is 15.9 Å². The van der Waals surface area contributed by atoms with Crippen LogP contribution in [0.15, 0.2) is 66.9 Å². The quantitative estimate of drug-likeness (QED) is 0.490. The SMILES string of the molecule is Cc1ccccc1-n1nc(-c2ccc(F)cc2)cc1Nc1ncc(F)cc1C(=O)O. The second kappa shape index (κ2) is 7.75. The standard InChI is InChI=1S/C22H16F2N4O2/c1-13-4-2-3-5-19(13)28-20(11-18(27-28)14-6-8-15(23)9-7-14)26-21-17(22(29)30)10-16(24)12-25-21/h2-12H,1H3,(H,25,26)(H,29,30). The topological polar surface area (TPSA) is 80.0 Å². The zero-order valence-electron chi connectivity index (χ0n) is 15.8. The van der Waals surface area contributed by atoms with Crippen LogP contribution in [0.3, 0.4) is 0 Å². The van der Waals surface area contributed by atoms with Gasteiger partial charge in [-0.1, -0.05) is 18.2 Å². The third-order valence-corrected chi connectivity index (χ3v) is 4.52. The van der Waals surface area contributed by atoms with Gasteiger partial charge in [-0.15, -0.1) is 0 Å². The molecule has 0 atom stereocenters. The Kier molecular flexibility index (Phi) is 4.97. The van der Waals surface area contributed by atoms with Gasteiger partial charge in [-0.2, -0.15) is 5.10 Å². The van der Waals surface area contributed by atoms with Gasteiger partial charge in [0.25, 0.3) is 0 Å². The summed E-state index contributed by atoms with van der Waals surface area (Å²) in [6.07, 6.45) is 0.935. The van der Waals surface area contributed by atoms with E-state index in [9.17, 15) is 18.7 Å². The highest BCUT2D eigenvalue weighted by atomic mass is 19.1. The molecule has 4 aromatic rings. The smallest absolute Gasteiger partial charge is 0.339 e. The van der Waals surface area contributed by atoms with Crippen molar-refractivity contribution in [2.75, 3.05) is 5.32 Å². The van der Waals surface area contributed by atoms with Gasteiger partial charge in [0.2, 0.25) is 0 Å². The fraction of sp³-hybridized carbons (Fsp3) is 0.0455. The zero-order chi connectivity index (χ0) is 21.3. The minimum absolute atomic E-state index is 0.0238. The molecule has 0 fully saturated rings. The number of rotatable bonds is 5. The maximum atomic E-state index is 13.5. The van der Waals surface area contributed by atoms with Gasteiger partial charge in [0.1, 0.15) is 28.8 Å². The van der Waals surface area contributed by atoms with Gasteiger partial charge in [0.15, 0.2) is 0 Å². The van der Waals surface area contributed by atoms with E-state index in [-0.39, 0.29) is 17.2 Å². The Bertz CT molecular complexity index is 1240. The first-order chi connectivity index (χ1) is 14.4. The average molecular weight is 406 g/mol. The van der Waals surface area contributed by atoms with E-state index in [1.165, 1.54) is 12.1 Å². The van der Waals surface area contributed by atoms with Crippen LogP contribution in [0, 0.1) is 18.6 Å². The van der Waals surface area contributed by atoms with Gasteiger partial charge in [-0.05, 0) is 48.9 Å². The van der Waals surface area contributed by atoms with Crippen molar-refractivity contribution in [3.05, 3.63) is 89.6 Å². The molecular weight excluding hydrogens is 390 g/mol. The Labute approximate surface area is 170 Å². The summed E-state index contributed by atoms with van der Waals surface area (Å²) >= 11 is 0. The lowest BCUT2D eigenvalue weighted by molar-refractivity contribution is 0.0697. The van der Waals surface area contributed by atoms with E-state index >= 15 is 0 Å². The number of hydrogen-bond donors (Lipinski definition) is 2. The Morgan fingerprint density at radius 3 is 2.47 bits per heavy atom. The van der Waals surface area contributed by atoms with Crippen LogP contribution < -0.4 is 5.32 Å². The minimum atomic E-state index is -1.31. The number of aryl methyl sites for hydroxylation is 1. The van der Waals surface area contributed by atoms with Gasteiger partial charge >= 0.3 is 5.97 Å². The van der Waals surface area contributed by atoms with Crippen LogP contribution in [-0.2, 0) is 0 Å². The molecule has 30 heavy (non-hydrogen) atoms. The number of anilines is 2. The zero-order valence-corrected chi connectivity index (χ0v) is 15.8. The number of aromatic carboxylic acids is 1. The summed E-state index contributed by atoms with van der Waals surface area (Å²) < 4.78 is 28.4. The van der Waals surface area contributed by atoms with Gasteiger partial charge in [-0.25, -0.2) is 23.2 Å². The fourth-order valence-electron chi connectivity index (χ4n) is 3.04. The summed E-state index contributed by atoms with van der Waals surface area (Å²) in [5, 5.41) is 17.0. The number of benzene rings is 2. The van der Waals surface area contributed by atoms with E-state index in [0.717, 1.165) is 23.5 Å². The molecule has 0 saturated heterocycles. The van der Waals surface area contributed by atoms with Crippen molar-refractivity contribution in [1.29, 1.82) is 0 Å². The van der Waals surface area contributed by atoms with E-state index in [2.05, 4.69) is 15.4 Å². The predicted molar refractivity (Wildman–Crippen MR) is 108 cm³/mol. The normalized spacial score (nSPS) is 10.8. The molecule has 0 saturated carbocycles. The maximum Gasteiger partial charge on any atom is 0.339 e. The highest BCUT2D eigenvalue weighted by Gasteiger charge is 2.18. The third-order valence-electron chi connectivity index (χ3n) is 4.52. The molecule has 0 aliphatic heterocycles. The number of halogens is 2. The van der Waals surface area contributed by atoms with E-state index < -0.39 is 11.8 Å². The molecule has 0 radical (unpaired) electrons. The van der Waals surface area contributed by atoms with E-state index in [4.69, 9.17) is 0 Å². The minimum Gasteiger partial charge on any atom is -0.478 e. The van der Waals surface area contributed by atoms with Crippen molar-refractivity contribution in [1.82, 2.24) is 14.8 Å². The number of nitrogens with zero attached hydrogens (tertiary/aromatic N) is 3. The monoisotopic (exact) mass is 406 g/mol. The number of carboxylic acid groups (broad SMARTS) is 1. The van der Waals surface area contributed by atoms with Crippen molar-refractivity contribution < 1.29 is 18.7 Å². The first-order valence-corrected chi connectivity index (χ1v) is 9.00. The molecule has 0 aliphatic carbocycles. The summed E-state index contributed by atoms with van der Waals surface area (Å²) in [4.78, 5) is 15.4. The molecule has 2 aromatic carbocycles. The molecule has 0 aliphatic rings. The summed E-state index contributed by atoms with van der Waals surface area (Å²) in [7, 11) is 0. The molecule has 2 N–H and O–H groups in total. The van der Waals surface area contributed by atoms with Crippen molar-refractivity contribution in [3.8, 4) is 16.9 Å². The molecular formula is C22H16F2N4O2.